The lowest BCUT2D eigenvalue weighted by Gasteiger charge is -2.37. The minimum atomic E-state index is -3.25. The van der Waals surface area contributed by atoms with Gasteiger partial charge in [0.25, 0.3) is 0 Å². The van der Waals surface area contributed by atoms with Gasteiger partial charge in [-0.3, -0.25) is 4.79 Å². The van der Waals surface area contributed by atoms with Crippen LogP contribution < -0.4 is 4.90 Å². The molecule has 32 heavy (non-hydrogen) atoms. The molecule has 2 aromatic rings. The van der Waals surface area contributed by atoms with Gasteiger partial charge in [-0.1, -0.05) is 30.3 Å². The first-order valence-electron chi connectivity index (χ1n) is 10.7. The van der Waals surface area contributed by atoms with E-state index in [2.05, 4.69) is 0 Å². The van der Waals surface area contributed by atoms with Gasteiger partial charge in [0.15, 0.2) is 27.3 Å². The summed E-state index contributed by atoms with van der Waals surface area (Å²) in [5, 5.41) is -0.492. The highest BCUT2D eigenvalue weighted by Crippen LogP contribution is 2.28. The zero-order chi connectivity index (χ0) is 23.6. The van der Waals surface area contributed by atoms with Crippen molar-refractivity contribution in [2.45, 2.75) is 57.3 Å². The van der Waals surface area contributed by atoms with Gasteiger partial charge in [-0.15, -0.1) is 0 Å². The van der Waals surface area contributed by atoms with Crippen LogP contribution in [0.3, 0.4) is 0 Å². The van der Waals surface area contributed by atoms with Gasteiger partial charge in [-0.2, -0.15) is 0 Å². The molecule has 0 radical (unpaired) electrons. The predicted molar refractivity (Wildman–Crippen MR) is 121 cm³/mol. The number of ether oxygens (including phenoxy) is 1. The zero-order valence-corrected chi connectivity index (χ0v) is 19.6. The monoisotopic (exact) mass is 465 g/mol. The molecule has 0 aromatic heterocycles. The van der Waals surface area contributed by atoms with Gasteiger partial charge in [-0.25, -0.2) is 17.2 Å². The topological polar surface area (TPSA) is 63.7 Å². The molecule has 1 saturated heterocycles. The van der Waals surface area contributed by atoms with Gasteiger partial charge in [0.2, 0.25) is 0 Å². The Morgan fingerprint density at radius 3 is 2.19 bits per heavy atom. The zero-order valence-electron chi connectivity index (χ0n) is 18.8. The molecule has 0 spiro atoms. The lowest BCUT2D eigenvalue weighted by molar-refractivity contribution is -0.00543. The fraction of sp³-hybridized carbons (Fsp3) is 0.458. The number of nitrogens with zero attached hydrogens (tertiary/aromatic N) is 1. The molecule has 174 valence electrons. The number of benzene rings is 2. The quantitative estimate of drug-likeness (QED) is 0.570. The number of sulfone groups is 1. The third-order valence-corrected chi connectivity index (χ3v) is 7.79. The summed E-state index contributed by atoms with van der Waals surface area (Å²) in [5.74, 6) is -2.48. The molecule has 2 aromatic carbocycles. The average molecular weight is 466 g/mol. The number of rotatable bonds is 7. The number of carbonyl (C=O) groups is 1. The van der Waals surface area contributed by atoms with Gasteiger partial charge in [0, 0.05) is 25.1 Å². The molecule has 0 amide bonds. The van der Waals surface area contributed by atoms with Crippen molar-refractivity contribution in [1.29, 1.82) is 0 Å². The summed E-state index contributed by atoms with van der Waals surface area (Å²) in [6.07, 6.45) is -0.482. The normalized spacial score (nSPS) is 19.4. The van der Waals surface area contributed by atoms with E-state index in [0.29, 0.717) is 24.2 Å². The summed E-state index contributed by atoms with van der Waals surface area (Å²) in [6.45, 7) is 7.91. The van der Waals surface area contributed by atoms with Crippen LogP contribution in [0.4, 0.5) is 14.5 Å². The highest BCUT2D eigenvalue weighted by atomic mass is 32.2. The highest BCUT2D eigenvalue weighted by Gasteiger charge is 2.26. The number of Topliss-reactive ketones (excluding diaryl/α,β-unsaturated/α-hetero) is 1. The molecule has 5 nitrogen and oxygen atoms in total. The van der Waals surface area contributed by atoms with Crippen molar-refractivity contribution in [3.63, 3.8) is 0 Å². The van der Waals surface area contributed by atoms with Crippen molar-refractivity contribution in [1.82, 2.24) is 0 Å². The smallest absolute Gasteiger partial charge is 0.182 e. The summed E-state index contributed by atoms with van der Waals surface area (Å²) in [7, 11) is -3.25. The maximum absolute atomic E-state index is 14.8. The van der Waals surface area contributed by atoms with Crippen LogP contribution >= 0.6 is 0 Å². The van der Waals surface area contributed by atoms with Crippen LogP contribution in [0.25, 0.3) is 0 Å². The number of morpholine rings is 1. The maximum Gasteiger partial charge on any atom is 0.182 e. The third-order valence-electron chi connectivity index (χ3n) is 5.62. The molecule has 1 fully saturated rings. The van der Waals surface area contributed by atoms with Crippen molar-refractivity contribution in [3.05, 3.63) is 64.7 Å². The molecule has 3 rings (SSSR count). The largest absolute Gasteiger partial charge is 0.372 e. The van der Waals surface area contributed by atoms with Crippen LogP contribution in [0.1, 0.15) is 49.2 Å². The fourth-order valence-corrected chi connectivity index (χ4v) is 4.79. The van der Waals surface area contributed by atoms with E-state index in [9.17, 15) is 22.0 Å². The van der Waals surface area contributed by atoms with Crippen molar-refractivity contribution in [3.8, 4) is 0 Å². The van der Waals surface area contributed by atoms with E-state index in [1.54, 1.807) is 30.9 Å². The van der Waals surface area contributed by atoms with Crippen LogP contribution in [0.15, 0.2) is 36.4 Å². The lowest BCUT2D eigenvalue weighted by atomic mass is 10.0. The van der Waals surface area contributed by atoms with Gasteiger partial charge in [0.1, 0.15) is 0 Å². The molecule has 2 atom stereocenters. The van der Waals surface area contributed by atoms with E-state index in [-0.39, 0.29) is 41.4 Å². The molecule has 1 heterocycles. The molecule has 0 N–H and O–H groups in total. The molecule has 8 heteroatoms. The lowest BCUT2D eigenvalue weighted by Crippen LogP contribution is -2.46. The second kappa shape index (κ2) is 9.67. The SMILES string of the molecule is CC(C)S(=O)(=O)Cc1ccc(C(=O)Cc2ccc(N3C[C@@H](C)O[C@@H](C)C3)c(F)c2F)cc1. The Morgan fingerprint density at radius 2 is 1.62 bits per heavy atom. The molecule has 1 aliphatic rings. The second-order valence-corrected chi connectivity index (χ2v) is 11.2. The van der Waals surface area contributed by atoms with Crippen LogP contribution in [-0.2, 0) is 26.7 Å². The van der Waals surface area contributed by atoms with Crippen LogP contribution in [0, 0.1) is 11.6 Å². The number of hydrogen-bond acceptors (Lipinski definition) is 5. The van der Waals surface area contributed by atoms with Crippen molar-refractivity contribution >= 4 is 21.3 Å². The number of halogens is 2. The Kier molecular flexibility index (Phi) is 7.35. The summed E-state index contributed by atoms with van der Waals surface area (Å²) in [6, 6.07) is 9.15. The molecular weight excluding hydrogens is 436 g/mol. The molecule has 0 saturated carbocycles. The molecule has 1 aliphatic heterocycles. The van der Waals surface area contributed by atoms with E-state index in [1.807, 2.05) is 13.8 Å². The van der Waals surface area contributed by atoms with Crippen molar-refractivity contribution in [2.75, 3.05) is 18.0 Å². The minimum Gasteiger partial charge on any atom is -0.372 e. The summed E-state index contributed by atoms with van der Waals surface area (Å²) < 4.78 is 59.3. The minimum absolute atomic E-state index is 0.0166. The maximum atomic E-state index is 14.8. The van der Waals surface area contributed by atoms with E-state index in [4.69, 9.17) is 4.74 Å². The molecule has 0 aliphatic carbocycles. The highest BCUT2D eigenvalue weighted by molar-refractivity contribution is 7.91. The number of hydrogen-bond donors (Lipinski definition) is 0. The fourth-order valence-electron chi connectivity index (χ4n) is 3.80. The molecular formula is C24H29F2NO4S. The van der Waals surface area contributed by atoms with Crippen LogP contribution in [0.5, 0.6) is 0 Å². The average Bonchev–Trinajstić information content (AvgIpc) is 2.71. The predicted octanol–water partition coefficient (Wildman–Crippen LogP) is 4.33. The Labute approximate surface area is 188 Å². The van der Waals surface area contributed by atoms with E-state index in [0.717, 1.165) is 0 Å². The Balaban J connectivity index is 1.73. The van der Waals surface area contributed by atoms with Gasteiger partial charge in [0.05, 0.1) is 28.9 Å². The Hall–Kier alpha value is -2.32. The molecule has 0 bridgehead atoms. The summed E-state index contributed by atoms with van der Waals surface area (Å²) in [5.41, 5.74) is 1.04. The van der Waals surface area contributed by atoms with Gasteiger partial charge < -0.3 is 9.64 Å². The number of anilines is 1. The third kappa shape index (κ3) is 5.53. The first-order valence-corrected chi connectivity index (χ1v) is 12.4. The number of carbonyl (C=O) groups excluding carboxylic acids is 1. The Bertz CT molecular complexity index is 1070. The summed E-state index contributed by atoms with van der Waals surface area (Å²) >= 11 is 0. The van der Waals surface area contributed by atoms with Gasteiger partial charge >= 0.3 is 0 Å². The van der Waals surface area contributed by atoms with Crippen LogP contribution in [0.2, 0.25) is 0 Å². The van der Waals surface area contributed by atoms with Crippen molar-refractivity contribution in [2.24, 2.45) is 0 Å². The van der Waals surface area contributed by atoms with E-state index >= 15 is 0 Å². The summed E-state index contributed by atoms with van der Waals surface area (Å²) in [4.78, 5) is 14.4. The number of ketones is 1. The standard InChI is InChI=1S/C24H29F2NO4S/c1-15(2)32(29,30)14-18-5-7-19(8-6-18)22(28)11-20-9-10-21(24(26)23(20)25)27-12-16(3)31-17(4)13-27/h5-10,15-17H,11-14H2,1-4H3/t16-,17+. The first kappa shape index (κ1) is 24.3. The van der Waals surface area contributed by atoms with Crippen molar-refractivity contribution < 1.29 is 26.7 Å². The van der Waals surface area contributed by atoms with Crippen LogP contribution in [-0.4, -0.2) is 44.7 Å². The van der Waals surface area contributed by atoms with Gasteiger partial charge in [-0.05, 0) is 44.9 Å². The van der Waals surface area contributed by atoms with E-state index in [1.165, 1.54) is 24.3 Å². The van der Waals surface area contributed by atoms with E-state index < -0.39 is 26.7 Å². The Morgan fingerprint density at radius 1 is 1.03 bits per heavy atom. The first-order chi connectivity index (χ1) is 15.0. The second-order valence-electron chi connectivity index (χ2n) is 8.69. The molecule has 0 unspecified atom stereocenters.